The van der Waals surface area contributed by atoms with E-state index in [0.29, 0.717) is 31.2 Å². The quantitative estimate of drug-likeness (QED) is 0.0285. The van der Waals surface area contributed by atoms with E-state index < -0.39 is 242 Å². The first-order chi connectivity index (χ1) is 49.0. The molecular weight excluding hydrogens is 1380 g/mol. The number of ether oxygens (including phenoxy) is 14. The molecule has 16 N–H and O–H groups in total. The highest BCUT2D eigenvalue weighted by atomic mass is 16.8. The maximum atomic E-state index is 16.0. The van der Waals surface area contributed by atoms with Gasteiger partial charge in [0, 0.05) is 11.5 Å². The van der Waals surface area contributed by atoms with Crippen molar-refractivity contribution in [2.75, 3.05) is 47.8 Å². The Labute approximate surface area is 600 Å². The Balaban J connectivity index is 0.856. The van der Waals surface area contributed by atoms with Gasteiger partial charge in [-0.1, -0.05) is 39.3 Å². The first kappa shape index (κ1) is 80.6. The molecule has 33 nitrogen and oxygen atoms in total. The number of carboxylic acids is 1. The van der Waals surface area contributed by atoms with Crippen LogP contribution in [-0.4, -0.2) is 307 Å². The molecule has 9 fully saturated rings. The van der Waals surface area contributed by atoms with Crippen LogP contribution in [0.15, 0.2) is 29.9 Å². The average molecular weight is 1490 g/mol. The molecule has 0 bridgehead atoms. The van der Waals surface area contributed by atoms with Crippen LogP contribution >= 0.6 is 0 Å². The lowest BCUT2D eigenvalue weighted by Gasteiger charge is -2.71. The molecule has 1 aromatic carbocycles. The number of carbonyl (C=O) groups excluding carboxylic acids is 2. The molecule has 0 unspecified atom stereocenters. The van der Waals surface area contributed by atoms with E-state index in [9.17, 15) is 91.3 Å². The van der Waals surface area contributed by atoms with Gasteiger partial charge < -0.3 is 148 Å². The van der Waals surface area contributed by atoms with Gasteiger partial charge in [-0.2, -0.15) is 0 Å². The van der Waals surface area contributed by atoms with Crippen molar-refractivity contribution in [1.82, 2.24) is 0 Å². The number of carbonyl (C=O) groups is 3. The number of esters is 2. The number of aliphatic carboxylic acids is 1. The van der Waals surface area contributed by atoms with Gasteiger partial charge in [-0.15, -0.1) is 0 Å². The summed E-state index contributed by atoms with van der Waals surface area (Å²) in [5, 5.41) is 178. The largest absolute Gasteiger partial charge is 0.493 e. The molecule has 4 saturated carbocycles. The van der Waals surface area contributed by atoms with Crippen LogP contribution in [0.25, 0.3) is 6.08 Å². The van der Waals surface area contributed by atoms with Crippen molar-refractivity contribution in [2.45, 2.75) is 266 Å². The molecule has 5 saturated heterocycles. The second-order valence-electron chi connectivity index (χ2n) is 31.6. The number of allylic oxidation sites excluding steroid dienone is 1. The van der Waals surface area contributed by atoms with E-state index in [-0.39, 0.29) is 61.4 Å². The molecule has 104 heavy (non-hydrogen) atoms. The van der Waals surface area contributed by atoms with Crippen molar-refractivity contribution in [2.24, 2.45) is 50.2 Å². The van der Waals surface area contributed by atoms with Crippen LogP contribution < -0.4 is 14.2 Å². The minimum atomic E-state index is -2.09. The number of hydrogen-bond donors (Lipinski definition) is 16. The molecule has 0 aromatic heterocycles. The van der Waals surface area contributed by atoms with Gasteiger partial charge >= 0.3 is 17.9 Å². The van der Waals surface area contributed by atoms with Crippen LogP contribution in [0.4, 0.5) is 0 Å². The second-order valence-corrected chi connectivity index (χ2v) is 31.6. The van der Waals surface area contributed by atoms with Gasteiger partial charge in [-0.25, -0.2) is 4.79 Å². The second kappa shape index (κ2) is 30.8. The SMILES string of the molecule is COc1cc(C=CC(=O)O[C@@H]2[C@H](O)[C@H](O[C@H]3O[C@H](C)[C@@H](O[C@H]4OC[C@@H](O[C@H]5O[C@H](CO)[C@@H](O)[C@@H](O)[C@@H]5O)[C@H](O)[C@@H]4O)[C@H](O)[C@@H]3O)[C@@H](OC(=O)[C@]34CCC(C)(C)C[C@H]3C3=CC[C@H]5[C@@]6(C)C[C@H](O)[C@@H](O[C@H]7O[C@@H](CO)[C@@H](O)[C@@H](O)[C@@H]7O)[C@@](C)(C(=O)O)[C@H]6CC[C@]5(C)[C@@]3(CO)CC4)O[C@H]2C)cc(OC)c1OC. The molecule has 0 spiro atoms. The van der Waals surface area contributed by atoms with E-state index in [0.717, 1.165) is 11.6 Å². The first-order valence-electron chi connectivity index (χ1n) is 35.7. The molecular formula is C71H106O33. The zero-order chi connectivity index (χ0) is 76.0. The van der Waals surface area contributed by atoms with Crippen LogP contribution in [0, 0.1) is 50.2 Å². The van der Waals surface area contributed by atoms with E-state index in [4.69, 9.17) is 66.3 Å². The number of hydrogen-bond acceptors (Lipinski definition) is 32. The third-order valence-electron chi connectivity index (χ3n) is 25.4. The summed E-state index contributed by atoms with van der Waals surface area (Å²) in [6, 6.07) is 3.14. The van der Waals surface area contributed by atoms with Crippen LogP contribution in [0.2, 0.25) is 0 Å². The molecule has 34 atom stereocenters. The molecule has 0 amide bonds. The monoisotopic (exact) mass is 1490 g/mol. The summed E-state index contributed by atoms with van der Waals surface area (Å²) in [6.45, 7) is 10.1. The maximum absolute atomic E-state index is 16.0. The first-order valence-corrected chi connectivity index (χ1v) is 35.7. The van der Waals surface area contributed by atoms with Gasteiger partial charge in [-0.3, -0.25) is 9.59 Å². The van der Waals surface area contributed by atoms with E-state index >= 15 is 4.79 Å². The number of rotatable bonds is 20. The van der Waals surface area contributed by atoms with Crippen molar-refractivity contribution in [3.05, 3.63) is 35.4 Å². The minimum absolute atomic E-state index is 0.00124. The Morgan fingerprint density at radius 3 is 1.71 bits per heavy atom. The molecule has 5 aliphatic carbocycles. The number of methoxy groups -OCH3 is 3. The van der Waals surface area contributed by atoms with Crippen LogP contribution in [0.5, 0.6) is 17.2 Å². The highest BCUT2D eigenvalue weighted by Crippen LogP contribution is 2.76. The average Bonchev–Trinajstić information content (AvgIpc) is 0.669. The van der Waals surface area contributed by atoms with Crippen molar-refractivity contribution < 1.29 is 162 Å². The Morgan fingerprint density at radius 2 is 1.12 bits per heavy atom. The summed E-state index contributed by atoms with van der Waals surface area (Å²) < 4.78 is 82.5. The molecule has 33 heteroatoms. The molecule has 588 valence electrons. The van der Waals surface area contributed by atoms with Crippen LogP contribution in [0.3, 0.4) is 0 Å². The minimum Gasteiger partial charge on any atom is -0.493 e. The summed E-state index contributed by atoms with van der Waals surface area (Å²) in [4.78, 5) is 43.8. The third kappa shape index (κ3) is 13.8. The Kier molecular flexibility index (Phi) is 23.8. The molecule has 5 aliphatic heterocycles. The third-order valence-corrected chi connectivity index (χ3v) is 25.4. The Bertz CT molecular complexity index is 3240. The lowest BCUT2D eigenvalue weighted by Crippen LogP contribution is -2.71. The lowest BCUT2D eigenvalue weighted by atomic mass is 9.33. The smallest absolute Gasteiger partial charge is 0.331 e. The molecule has 0 radical (unpaired) electrons. The number of benzene rings is 1. The Hall–Kier alpha value is -4.45. The highest BCUT2D eigenvalue weighted by Gasteiger charge is 2.74. The van der Waals surface area contributed by atoms with Gasteiger partial charge in [0.2, 0.25) is 12.0 Å². The predicted octanol–water partition coefficient (Wildman–Crippen LogP) is -2.22. The lowest BCUT2D eigenvalue weighted by molar-refractivity contribution is -0.378. The van der Waals surface area contributed by atoms with Gasteiger partial charge in [0.25, 0.3) is 0 Å². The van der Waals surface area contributed by atoms with Crippen LogP contribution in [0.1, 0.15) is 112 Å². The van der Waals surface area contributed by atoms with Gasteiger partial charge in [-0.05, 0) is 136 Å². The summed E-state index contributed by atoms with van der Waals surface area (Å²) in [6.07, 6.45) is -37.5. The van der Waals surface area contributed by atoms with Gasteiger partial charge in [0.15, 0.2) is 48.9 Å². The zero-order valence-electron chi connectivity index (χ0n) is 59.9. The topological polar surface area (TPSA) is 504 Å². The van der Waals surface area contributed by atoms with Gasteiger partial charge in [0.05, 0.1) is 76.9 Å². The summed E-state index contributed by atoms with van der Waals surface area (Å²) in [7, 11) is 4.25. The van der Waals surface area contributed by atoms with Gasteiger partial charge in [0.1, 0.15) is 97.7 Å². The van der Waals surface area contributed by atoms with E-state index in [1.807, 2.05) is 6.92 Å². The number of aliphatic hydroxyl groups excluding tert-OH is 15. The fourth-order valence-corrected chi connectivity index (χ4v) is 19.5. The number of carboxylic acid groups (broad SMARTS) is 1. The fourth-order valence-electron chi connectivity index (χ4n) is 19.5. The molecule has 1 aromatic rings. The summed E-state index contributed by atoms with van der Waals surface area (Å²) in [5.74, 6) is -3.93. The van der Waals surface area contributed by atoms with Crippen molar-refractivity contribution in [1.29, 1.82) is 0 Å². The van der Waals surface area contributed by atoms with Crippen molar-refractivity contribution in [3.63, 3.8) is 0 Å². The van der Waals surface area contributed by atoms with Crippen molar-refractivity contribution >= 4 is 24.0 Å². The van der Waals surface area contributed by atoms with Crippen molar-refractivity contribution in [3.8, 4) is 17.2 Å². The summed E-state index contributed by atoms with van der Waals surface area (Å²) in [5.41, 5.74) is -5.17. The number of aliphatic hydroxyl groups is 15. The zero-order valence-corrected chi connectivity index (χ0v) is 59.9. The predicted molar refractivity (Wildman–Crippen MR) is 350 cm³/mol. The molecule has 10 aliphatic rings. The standard InChI is InChI=1S/C71H106O33/c1-29-54(101-59-49(83)45(79)39(27-94-59)99-61-50(84)46(80)43(77)37(25-72)97-61)48(82)52(86)60(95-29)102-57-53(87)55(100-42(76)14-11-31-21-35(91-8)56(93-10)36(22-31)92-9)30(2)96-63(57)104-65(90)70-18-17-66(3,4)23-33(70)32-12-13-40-67(5)24-34(75)58(103-62-51(85)47(81)44(78)38(26-73)98-62)69(7,64(88)89)41(67)15-16-68(40,6)71(32,28-74)20-19-70/h11-12,14,21-22,29-30,33-34,37-41,43-55,57-63,72-75,77-87H,13,15-20,23-28H2,1-10H3,(H,88,89)/t29-,30+,33+,34+,37-,38+,39-,40+,41+,43-,44-,45+,46-,47-,48-,49+,50+,51+,52+,53+,54-,55+,57+,58-,59-,60-,61-,62-,63-,67-,68+,69+,70+,71-/m1/s1. The van der Waals surface area contributed by atoms with E-state index in [2.05, 4.69) is 26.8 Å². The fraction of sp³-hybridized carbons (Fsp3) is 0.817. The molecule has 11 rings (SSSR count). The summed E-state index contributed by atoms with van der Waals surface area (Å²) >= 11 is 0. The molecule has 5 heterocycles. The maximum Gasteiger partial charge on any atom is 0.331 e. The van der Waals surface area contributed by atoms with Crippen LogP contribution in [-0.2, 0) is 66.5 Å². The van der Waals surface area contributed by atoms with E-state index in [1.165, 1.54) is 48.2 Å². The normalized spacial score (nSPS) is 47.9. The van der Waals surface area contributed by atoms with E-state index in [1.54, 1.807) is 12.1 Å². The highest BCUT2D eigenvalue weighted by molar-refractivity contribution is 5.87. The Morgan fingerprint density at radius 1 is 0.567 bits per heavy atom. The number of fused-ring (bicyclic) bond motifs is 7.